The van der Waals surface area contributed by atoms with E-state index in [1.54, 1.807) is 18.2 Å². The van der Waals surface area contributed by atoms with Crippen molar-refractivity contribution in [1.29, 1.82) is 0 Å². The summed E-state index contributed by atoms with van der Waals surface area (Å²) in [6.07, 6.45) is -1.97. The number of imide groups is 1. The number of carbonyl (C=O) groups excluding carboxylic acids is 3. The monoisotopic (exact) mass is 578 g/mol. The Morgan fingerprint density at radius 1 is 1.20 bits per heavy atom. The van der Waals surface area contributed by atoms with Gasteiger partial charge in [0.15, 0.2) is 0 Å². The van der Waals surface area contributed by atoms with E-state index >= 15 is 0 Å². The van der Waals surface area contributed by atoms with E-state index in [0.717, 1.165) is 0 Å². The molecule has 1 fully saturated rings. The van der Waals surface area contributed by atoms with Gasteiger partial charge in [-0.1, -0.05) is 57.5 Å². The summed E-state index contributed by atoms with van der Waals surface area (Å²) < 4.78 is 44.0. The zero-order chi connectivity index (χ0) is 30.4. The van der Waals surface area contributed by atoms with Gasteiger partial charge in [0.2, 0.25) is 12.3 Å². The third-order valence-corrected chi connectivity index (χ3v) is 6.60. The molecule has 2 aliphatic heterocycles. The summed E-state index contributed by atoms with van der Waals surface area (Å²) in [4.78, 5) is 38.5. The van der Waals surface area contributed by atoms with Gasteiger partial charge in [-0.25, -0.2) is 0 Å². The molecule has 1 saturated heterocycles. The van der Waals surface area contributed by atoms with Crippen LogP contribution in [0.5, 0.6) is 5.75 Å². The smallest absolute Gasteiger partial charge is 0.401 e. The summed E-state index contributed by atoms with van der Waals surface area (Å²) in [7, 11) is 0. The molecule has 0 bridgehead atoms. The van der Waals surface area contributed by atoms with E-state index in [4.69, 9.17) is 10.5 Å². The van der Waals surface area contributed by atoms with E-state index in [-0.39, 0.29) is 25.1 Å². The van der Waals surface area contributed by atoms with Crippen molar-refractivity contribution in [3.8, 4) is 5.75 Å². The van der Waals surface area contributed by atoms with Crippen molar-refractivity contribution in [2.45, 2.75) is 77.9 Å². The SMILES string of the molecule is CC.CCCC(C(=O)NC=O)N1Cc2cc(OC3CCCN(CC(F)(F)F)C3)ccc2C1=O.NCc1ccccc1. The third kappa shape index (κ3) is 10.5. The summed E-state index contributed by atoms with van der Waals surface area (Å²) in [6, 6.07) is 14.2. The summed E-state index contributed by atoms with van der Waals surface area (Å²) in [5.74, 6) is -0.340. The first-order valence-electron chi connectivity index (χ1n) is 14.0. The number of hydrogen-bond donors (Lipinski definition) is 2. The number of amides is 3. The molecule has 0 spiro atoms. The highest BCUT2D eigenvalue weighted by atomic mass is 19.4. The van der Waals surface area contributed by atoms with E-state index in [1.165, 1.54) is 15.4 Å². The molecule has 2 heterocycles. The Hall–Kier alpha value is -3.44. The lowest BCUT2D eigenvalue weighted by Gasteiger charge is -2.33. The first-order chi connectivity index (χ1) is 19.6. The van der Waals surface area contributed by atoms with Crippen molar-refractivity contribution in [3.05, 3.63) is 65.2 Å². The van der Waals surface area contributed by atoms with E-state index < -0.39 is 24.7 Å². The molecule has 2 aromatic rings. The highest BCUT2D eigenvalue weighted by Gasteiger charge is 2.37. The number of hydrogen-bond acceptors (Lipinski definition) is 6. The van der Waals surface area contributed by atoms with Crippen LogP contribution in [0.3, 0.4) is 0 Å². The number of alkyl halides is 3. The molecule has 2 unspecified atom stereocenters. The van der Waals surface area contributed by atoms with Crippen molar-refractivity contribution < 1.29 is 32.3 Å². The number of likely N-dealkylation sites (tertiary alicyclic amines) is 1. The summed E-state index contributed by atoms with van der Waals surface area (Å²) >= 11 is 0. The summed E-state index contributed by atoms with van der Waals surface area (Å²) in [5.41, 5.74) is 7.68. The van der Waals surface area contributed by atoms with Gasteiger partial charge in [-0.3, -0.25) is 24.6 Å². The fraction of sp³-hybridized carbons (Fsp3) is 0.500. The van der Waals surface area contributed by atoms with E-state index in [0.29, 0.717) is 62.1 Å². The van der Waals surface area contributed by atoms with Crippen LogP contribution in [-0.4, -0.2) is 66.0 Å². The first kappa shape index (κ1) is 33.8. The maximum atomic E-state index is 12.8. The lowest BCUT2D eigenvalue weighted by molar-refractivity contribution is -0.150. The molecule has 2 aliphatic rings. The molecule has 2 aromatic carbocycles. The van der Waals surface area contributed by atoms with Crippen LogP contribution >= 0.6 is 0 Å². The second-order valence-electron chi connectivity index (χ2n) is 9.61. The topological polar surface area (TPSA) is 105 Å². The molecule has 8 nitrogen and oxygen atoms in total. The van der Waals surface area contributed by atoms with Gasteiger partial charge >= 0.3 is 6.18 Å². The van der Waals surface area contributed by atoms with Crippen LogP contribution < -0.4 is 15.8 Å². The number of halogens is 3. The number of ether oxygens (including phenoxy) is 1. The van der Waals surface area contributed by atoms with Gasteiger partial charge in [0, 0.05) is 25.2 Å². The third-order valence-electron chi connectivity index (χ3n) is 6.60. The number of nitrogens with one attached hydrogen (secondary N) is 1. The van der Waals surface area contributed by atoms with Gasteiger partial charge in [0.05, 0.1) is 6.54 Å². The number of nitrogens with two attached hydrogens (primary N) is 1. The lowest BCUT2D eigenvalue weighted by Crippen LogP contribution is -2.46. The van der Waals surface area contributed by atoms with Crippen LogP contribution in [-0.2, 0) is 22.7 Å². The zero-order valence-electron chi connectivity index (χ0n) is 24.0. The normalized spacial score (nSPS) is 17.3. The van der Waals surface area contributed by atoms with Crippen LogP contribution in [0.15, 0.2) is 48.5 Å². The molecule has 0 saturated carbocycles. The predicted molar refractivity (Wildman–Crippen MR) is 151 cm³/mol. The molecular formula is C30H41F3N4O4. The minimum atomic E-state index is -4.25. The average Bonchev–Trinajstić information content (AvgIpc) is 3.28. The number of benzene rings is 2. The molecule has 4 rings (SSSR count). The average molecular weight is 579 g/mol. The van der Waals surface area contributed by atoms with E-state index in [2.05, 4.69) is 5.32 Å². The van der Waals surface area contributed by atoms with Gasteiger partial charge in [0.1, 0.15) is 17.9 Å². The van der Waals surface area contributed by atoms with Crippen molar-refractivity contribution in [3.63, 3.8) is 0 Å². The maximum absolute atomic E-state index is 12.8. The highest BCUT2D eigenvalue weighted by Crippen LogP contribution is 2.30. The minimum Gasteiger partial charge on any atom is -0.489 e. The van der Waals surface area contributed by atoms with E-state index in [1.807, 2.05) is 51.1 Å². The fourth-order valence-corrected chi connectivity index (χ4v) is 4.81. The van der Waals surface area contributed by atoms with E-state index in [9.17, 15) is 27.6 Å². The Morgan fingerprint density at radius 3 is 2.49 bits per heavy atom. The number of piperidine rings is 1. The largest absolute Gasteiger partial charge is 0.489 e. The number of carbonyl (C=O) groups is 3. The molecule has 0 aromatic heterocycles. The molecule has 0 radical (unpaired) electrons. The highest BCUT2D eigenvalue weighted by molar-refractivity contribution is 6.02. The van der Waals surface area contributed by atoms with Crippen molar-refractivity contribution in [2.75, 3.05) is 19.6 Å². The van der Waals surface area contributed by atoms with Crippen LogP contribution in [0.2, 0.25) is 0 Å². The van der Waals surface area contributed by atoms with Crippen LogP contribution in [0.25, 0.3) is 0 Å². The Bertz CT molecular complexity index is 1110. The van der Waals surface area contributed by atoms with Gasteiger partial charge in [-0.05, 0) is 55.1 Å². The Kier molecular flexibility index (Phi) is 13.8. The molecule has 3 amide bonds. The number of fused-ring (bicyclic) bond motifs is 1. The second kappa shape index (κ2) is 16.7. The summed E-state index contributed by atoms with van der Waals surface area (Å²) in [6.45, 7) is 6.34. The lowest BCUT2D eigenvalue weighted by atomic mass is 10.1. The van der Waals surface area contributed by atoms with Crippen LogP contribution in [0.4, 0.5) is 13.2 Å². The fourth-order valence-electron chi connectivity index (χ4n) is 4.81. The maximum Gasteiger partial charge on any atom is 0.401 e. The number of nitrogens with zero attached hydrogens (tertiary/aromatic N) is 2. The van der Waals surface area contributed by atoms with Crippen molar-refractivity contribution in [1.82, 2.24) is 15.1 Å². The van der Waals surface area contributed by atoms with Gasteiger partial charge in [-0.2, -0.15) is 13.2 Å². The minimum absolute atomic E-state index is 0.187. The van der Waals surface area contributed by atoms with Gasteiger partial charge in [-0.15, -0.1) is 0 Å². The van der Waals surface area contributed by atoms with Crippen LogP contribution in [0.1, 0.15) is 67.9 Å². The number of rotatable bonds is 9. The molecule has 2 atom stereocenters. The zero-order valence-corrected chi connectivity index (χ0v) is 24.0. The van der Waals surface area contributed by atoms with Crippen molar-refractivity contribution >= 4 is 18.2 Å². The summed E-state index contributed by atoms with van der Waals surface area (Å²) in [5, 5.41) is 2.12. The molecule has 0 aliphatic carbocycles. The predicted octanol–water partition coefficient (Wildman–Crippen LogP) is 4.66. The quantitative estimate of drug-likeness (QED) is 0.420. The van der Waals surface area contributed by atoms with Crippen LogP contribution in [0, 0.1) is 0 Å². The second-order valence-corrected chi connectivity index (χ2v) is 9.61. The molecule has 41 heavy (non-hydrogen) atoms. The molecule has 11 heteroatoms. The molecular weight excluding hydrogens is 537 g/mol. The Morgan fingerprint density at radius 2 is 1.90 bits per heavy atom. The first-order valence-corrected chi connectivity index (χ1v) is 14.0. The molecule has 3 N–H and O–H groups in total. The molecule has 226 valence electrons. The van der Waals surface area contributed by atoms with Crippen molar-refractivity contribution in [2.24, 2.45) is 5.73 Å². The standard InChI is InChI=1S/C21H26F3N3O4.C7H9N.C2H6/c1-2-4-18(19(29)25-13-28)27-10-14-9-15(6-7-17(14)20(27)30)31-16-5-3-8-26(11-16)12-21(22,23)24;8-6-7-4-2-1-3-5-7;1-2/h6-7,9,13,16,18H,2-5,8,10-12H2,1H3,(H,25,28,29);1-5H,6,8H2;1-2H3. The van der Waals surface area contributed by atoms with Gasteiger partial charge < -0.3 is 15.4 Å². The van der Waals surface area contributed by atoms with Gasteiger partial charge in [0.25, 0.3) is 5.91 Å². The Labute approximate surface area is 240 Å². The Balaban J connectivity index is 0.000000500.